The smallest absolute Gasteiger partial charge is 0.135 e. The van der Waals surface area contributed by atoms with Gasteiger partial charge in [0.2, 0.25) is 0 Å². The molecule has 1 fully saturated rings. The molecule has 1 saturated carbocycles. The van der Waals surface area contributed by atoms with Crippen LogP contribution >= 0.6 is 34.5 Å². The van der Waals surface area contributed by atoms with Crippen LogP contribution in [0, 0.1) is 0 Å². The summed E-state index contributed by atoms with van der Waals surface area (Å²) in [5.41, 5.74) is 0. The molecule has 1 N–H and O–H groups in total. The van der Waals surface area contributed by atoms with Gasteiger partial charge in [-0.15, -0.1) is 11.3 Å². The Morgan fingerprint density at radius 1 is 1.28 bits per heavy atom. The molecule has 18 heavy (non-hydrogen) atoms. The van der Waals surface area contributed by atoms with Crippen molar-refractivity contribution in [3.63, 3.8) is 0 Å². The van der Waals surface area contributed by atoms with Crippen LogP contribution in [0.5, 0.6) is 0 Å². The maximum Gasteiger partial charge on any atom is 0.135 e. The van der Waals surface area contributed by atoms with Gasteiger partial charge in [-0.3, -0.25) is 0 Å². The lowest BCUT2D eigenvalue weighted by Crippen LogP contribution is -2.03. The number of anilines is 1. The van der Waals surface area contributed by atoms with Crippen LogP contribution in [0.25, 0.3) is 0 Å². The molecule has 94 valence electrons. The van der Waals surface area contributed by atoms with Crippen molar-refractivity contribution in [1.29, 1.82) is 0 Å². The van der Waals surface area contributed by atoms with E-state index in [0.29, 0.717) is 17.6 Å². The van der Waals surface area contributed by atoms with E-state index in [1.54, 1.807) is 17.4 Å². The van der Waals surface area contributed by atoms with Crippen LogP contribution in [0.3, 0.4) is 0 Å². The van der Waals surface area contributed by atoms with E-state index < -0.39 is 0 Å². The summed E-state index contributed by atoms with van der Waals surface area (Å²) >= 11 is 13.4. The number of rotatable bonds is 4. The van der Waals surface area contributed by atoms with E-state index in [9.17, 15) is 0 Å². The summed E-state index contributed by atoms with van der Waals surface area (Å²) in [4.78, 5) is 9.90. The first kappa shape index (κ1) is 12.2. The zero-order valence-electron chi connectivity index (χ0n) is 9.49. The van der Waals surface area contributed by atoms with Crippen LogP contribution in [-0.2, 0) is 6.54 Å². The first-order chi connectivity index (χ1) is 8.70. The molecule has 6 heteroatoms. The quantitative estimate of drug-likeness (QED) is 0.854. The van der Waals surface area contributed by atoms with Crippen LogP contribution in [-0.4, -0.2) is 9.97 Å². The Hall–Kier alpha value is -0.840. The fourth-order valence-electron chi connectivity index (χ4n) is 1.67. The third-order valence-corrected chi connectivity index (χ3v) is 4.15. The molecule has 3 rings (SSSR count). The van der Waals surface area contributed by atoms with Crippen molar-refractivity contribution in [3.05, 3.63) is 38.4 Å². The average Bonchev–Trinajstić information content (AvgIpc) is 3.10. The molecule has 1 aliphatic carbocycles. The summed E-state index contributed by atoms with van der Waals surface area (Å²) in [5, 5.41) is 3.75. The highest BCUT2D eigenvalue weighted by Crippen LogP contribution is 2.38. The number of halogens is 2. The fourth-order valence-corrected chi connectivity index (χ4v) is 2.89. The van der Waals surface area contributed by atoms with E-state index in [1.807, 2.05) is 12.1 Å². The number of aromatic nitrogens is 2. The number of nitrogens with one attached hydrogen (secondary N) is 1. The summed E-state index contributed by atoms with van der Waals surface area (Å²) in [7, 11) is 0. The lowest BCUT2D eigenvalue weighted by molar-refractivity contribution is 0.922. The standard InChI is InChI=1S/C12H11Cl2N3S/c13-9-5-11(17-12(16-9)7-1-2-7)15-6-8-3-4-10(14)18-8/h3-5,7H,1-2,6H2,(H,15,16,17). The molecule has 1 aliphatic rings. The maximum atomic E-state index is 6.00. The van der Waals surface area contributed by atoms with Crippen LogP contribution < -0.4 is 5.32 Å². The molecule has 0 saturated heterocycles. The highest BCUT2D eigenvalue weighted by Gasteiger charge is 2.27. The molecular weight excluding hydrogens is 289 g/mol. The van der Waals surface area contributed by atoms with Gasteiger partial charge in [-0.05, 0) is 25.0 Å². The van der Waals surface area contributed by atoms with E-state index in [4.69, 9.17) is 23.2 Å². The number of hydrogen-bond donors (Lipinski definition) is 1. The summed E-state index contributed by atoms with van der Waals surface area (Å²) in [6, 6.07) is 5.65. The Balaban J connectivity index is 1.71. The minimum Gasteiger partial charge on any atom is -0.365 e. The van der Waals surface area contributed by atoms with Gasteiger partial charge < -0.3 is 5.32 Å². The van der Waals surface area contributed by atoms with Crippen molar-refractivity contribution in [2.75, 3.05) is 5.32 Å². The molecule has 2 aromatic heterocycles. The van der Waals surface area contributed by atoms with Gasteiger partial charge in [-0.25, -0.2) is 9.97 Å². The van der Waals surface area contributed by atoms with Crippen molar-refractivity contribution in [3.8, 4) is 0 Å². The molecule has 2 heterocycles. The van der Waals surface area contributed by atoms with Gasteiger partial charge in [0.1, 0.15) is 16.8 Å². The van der Waals surface area contributed by atoms with Gasteiger partial charge in [-0.2, -0.15) is 0 Å². The van der Waals surface area contributed by atoms with Crippen LogP contribution in [0.4, 0.5) is 5.82 Å². The molecular formula is C12H11Cl2N3S. The maximum absolute atomic E-state index is 6.00. The van der Waals surface area contributed by atoms with E-state index in [2.05, 4.69) is 15.3 Å². The molecule has 0 aliphatic heterocycles. The van der Waals surface area contributed by atoms with E-state index >= 15 is 0 Å². The van der Waals surface area contributed by atoms with Crippen molar-refractivity contribution in [1.82, 2.24) is 9.97 Å². The second kappa shape index (κ2) is 5.03. The van der Waals surface area contributed by atoms with Gasteiger partial charge in [-0.1, -0.05) is 23.2 Å². The molecule has 0 radical (unpaired) electrons. The molecule has 0 spiro atoms. The zero-order valence-corrected chi connectivity index (χ0v) is 11.8. The second-order valence-corrected chi connectivity index (χ2v) is 6.45. The highest BCUT2D eigenvalue weighted by atomic mass is 35.5. The predicted octanol–water partition coefficient (Wildman–Crippen LogP) is 4.33. The number of hydrogen-bond acceptors (Lipinski definition) is 4. The number of nitrogens with zero attached hydrogens (tertiary/aromatic N) is 2. The third kappa shape index (κ3) is 2.94. The summed E-state index contributed by atoms with van der Waals surface area (Å²) in [5.74, 6) is 2.14. The molecule has 2 aromatic rings. The minimum atomic E-state index is 0.499. The SMILES string of the molecule is Clc1cc(NCc2ccc(Cl)s2)nc(C2CC2)n1. The molecule has 0 unspecified atom stereocenters. The van der Waals surface area contributed by atoms with Gasteiger partial charge in [0, 0.05) is 16.9 Å². The summed E-state index contributed by atoms with van der Waals surface area (Å²) < 4.78 is 0.797. The lowest BCUT2D eigenvalue weighted by atomic mass is 10.4. The Morgan fingerprint density at radius 2 is 2.11 bits per heavy atom. The predicted molar refractivity (Wildman–Crippen MR) is 75.7 cm³/mol. The normalized spacial score (nSPS) is 14.8. The average molecular weight is 300 g/mol. The van der Waals surface area contributed by atoms with Crippen molar-refractivity contribution >= 4 is 40.4 Å². The first-order valence-corrected chi connectivity index (χ1v) is 7.30. The Kier molecular flexibility index (Phi) is 3.41. The van der Waals surface area contributed by atoms with Gasteiger partial charge in [0.05, 0.1) is 10.9 Å². The minimum absolute atomic E-state index is 0.499. The molecule has 0 bridgehead atoms. The van der Waals surface area contributed by atoms with E-state index in [1.165, 1.54) is 17.7 Å². The van der Waals surface area contributed by atoms with Crippen LogP contribution in [0.2, 0.25) is 9.49 Å². The van der Waals surface area contributed by atoms with Gasteiger partial charge in [0.15, 0.2) is 0 Å². The number of thiophene rings is 1. The Morgan fingerprint density at radius 3 is 2.78 bits per heavy atom. The third-order valence-electron chi connectivity index (χ3n) is 2.73. The first-order valence-electron chi connectivity index (χ1n) is 5.73. The molecule has 0 aromatic carbocycles. The van der Waals surface area contributed by atoms with Gasteiger partial charge in [0.25, 0.3) is 0 Å². The largest absolute Gasteiger partial charge is 0.365 e. The van der Waals surface area contributed by atoms with Crippen molar-refractivity contribution < 1.29 is 0 Å². The molecule has 0 amide bonds. The van der Waals surface area contributed by atoms with Crippen molar-refractivity contribution in [2.24, 2.45) is 0 Å². The van der Waals surface area contributed by atoms with Gasteiger partial charge >= 0.3 is 0 Å². The highest BCUT2D eigenvalue weighted by molar-refractivity contribution is 7.16. The van der Waals surface area contributed by atoms with Crippen LogP contribution in [0.1, 0.15) is 29.5 Å². The molecule has 3 nitrogen and oxygen atoms in total. The monoisotopic (exact) mass is 299 g/mol. The molecule has 0 atom stereocenters. The lowest BCUT2D eigenvalue weighted by Gasteiger charge is -2.06. The van der Waals surface area contributed by atoms with E-state index in [-0.39, 0.29) is 0 Å². The second-order valence-electron chi connectivity index (χ2n) is 4.27. The summed E-state index contributed by atoms with van der Waals surface area (Å²) in [6.45, 7) is 0.703. The summed E-state index contributed by atoms with van der Waals surface area (Å²) in [6.07, 6.45) is 2.33. The van der Waals surface area contributed by atoms with Crippen molar-refractivity contribution in [2.45, 2.75) is 25.3 Å². The van der Waals surface area contributed by atoms with E-state index in [0.717, 1.165) is 16.0 Å². The zero-order chi connectivity index (χ0) is 12.5. The Labute approximate surface area is 119 Å². The van der Waals surface area contributed by atoms with Crippen LogP contribution in [0.15, 0.2) is 18.2 Å². The Bertz CT molecular complexity index is 566. The topological polar surface area (TPSA) is 37.8 Å². The fraction of sp³-hybridized carbons (Fsp3) is 0.333.